The van der Waals surface area contributed by atoms with Gasteiger partial charge in [-0.1, -0.05) is 189 Å². The molecule has 9 aromatic carbocycles. The van der Waals surface area contributed by atoms with E-state index in [1.807, 2.05) is 0 Å². The smallest absolute Gasteiger partial charge is 0.156 e. The van der Waals surface area contributed by atoms with Gasteiger partial charge in [0.1, 0.15) is 0 Å². The highest BCUT2D eigenvalue weighted by Gasteiger charge is 2.31. The predicted molar refractivity (Wildman–Crippen MR) is 233 cm³/mol. The van der Waals surface area contributed by atoms with Gasteiger partial charge in [-0.25, -0.2) is 4.99 Å². The van der Waals surface area contributed by atoms with E-state index < -0.39 is 0 Å². The number of rotatable bonds is 6. The van der Waals surface area contributed by atoms with Crippen LogP contribution in [0.25, 0.3) is 65.7 Å². The Morgan fingerprint density at radius 2 is 0.836 bits per heavy atom. The number of aliphatic imine (C=N–C) groups is 2. The van der Waals surface area contributed by atoms with Crippen molar-refractivity contribution in [3.63, 3.8) is 0 Å². The predicted octanol–water partition coefficient (Wildman–Crippen LogP) is 13.8. The molecule has 0 saturated carbocycles. The van der Waals surface area contributed by atoms with Gasteiger partial charge < -0.3 is 0 Å². The van der Waals surface area contributed by atoms with Crippen LogP contribution in [0.2, 0.25) is 0 Å². The van der Waals surface area contributed by atoms with Crippen LogP contribution in [-0.4, -0.2) is 11.5 Å². The Labute approximate surface area is 321 Å². The molecule has 55 heavy (non-hydrogen) atoms. The molecule has 10 rings (SSSR count). The zero-order valence-corrected chi connectivity index (χ0v) is 30.6. The minimum Gasteiger partial charge on any atom is -0.257 e. The third kappa shape index (κ3) is 5.93. The summed E-state index contributed by atoms with van der Waals surface area (Å²) in [6, 6.07) is 71.9. The van der Waals surface area contributed by atoms with Crippen molar-refractivity contribution in [1.29, 1.82) is 0 Å². The quantitative estimate of drug-likeness (QED) is 0.154. The Kier molecular flexibility index (Phi) is 8.22. The van der Waals surface area contributed by atoms with Gasteiger partial charge in [0.15, 0.2) is 5.84 Å². The van der Waals surface area contributed by atoms with E-state index in [-0.39, 0.29) is 12.0 Å². The second-order valence-electron chi connectivity index (χ2n) is 14.5. The summed E-state index contributed by atoms with van der Waals surface area (Å²) in [6.07, 6.45) is 0. The van der Waals surface area contributed by atoms with E-state index >= 15 is 0 Å². The molecule has 2 atom stereocenters. The highest BCUT2D eigenvalue weighted by Crippen LogP contribution is 2.40. The van der Waals surface area contributed by atoms with E-state index in [0.717, 1.165) is 33.8 Å². The molecule has 1 heterocycles. The van der Waals surface area contributed by atoms with Crippen molar-refractivity contribution >= 4 is 43.9 Å². The first kappa shape index (κ1) is 32.7. The highest BCUT2D eigenvalue weighted by molar-refractivity contribution is 6.26. The van der Waals surface area contributed by atoms with E-state index in [2.05, 4.69) is 207 Å². The van der Waals surface area contributed by atoms with Gasteiger partial charge in [0.25, 0.3) is 0 Å². The van der Waals surface area contributed by atoms with Crippen LogP contribution in [0.15, 0.2) is 210 Å². The van der Waals surface area contributed by atoms with Crippen LogP contribution in [0.1, 0.15) is 29.7 Å². The zero-order chi connectivity index (χ0) is 36.7. The maximum Gasteiger partial charge on any atom is 0.156 e. The molecule has 0 spiro atoms. The van der Waals surface area contributed by atoms with Crippen LogP contribution in [0, 0.1) is 5.92 Å². The lowest BCUT2D eigenvalue weighted by atomic mass is 9.84. The fourth-order valence-electron chi connectivity index (χ4n) is 8.48. The number of hydrogen-bond donors (Lipinski definition) is 0. The van der Waals surface area contributed by atoms with Gasteiger partial charge in [-0.3, -0.25) is 4.99 Å². The summed E-state index contributed by atoms with van der Waals surface area (Å²) in [4.78, 5) is 11.1. The van der Waals surface area contributed by atoms with E-state index in [9.17, 15) is 0 Å². The Hall–Kier alpha value is -6.90. The first-order valence-electron chi connectivity index (χ1n) is 19.1. The molecule has 2 nitrogen and oxygen atoms in total. The fourth-order valence-corrected chi connectivity index (χ4v) is 8.48. The van der Waals surface area contributed by atoms with Crippen molar-refractivity contribution in [3.05, 3.63) is 217 Å². The molecule has 0 aromatic heterocycles. The van der Waals surface area contributed by atoms with E-state index in [4.69, 9.17) is 9.98 Å². The average Bonchev–Trinajstić information content (AvgIpc) is 3.27. The molecule has 1 aliphatic heterocycles. The first-order valence-corrected chi connectivity index (χ1v) is 19.1. The molecule has 0 amide bonds. The zero-order valence-electron chi connectivity index (χ0n) is 30.6. The first-order chi connectivity index (χ1) is 27.2. The Morgan fingerprint density at radius 3 is 1.49 bits per heavy atom. The Balaban J connectivity index is 1.15. The lowest BCUT2D eigenvalue weighted by molar-refractivity contribution is 0.592. The van der Waals surface area contributed by atoms with Crippen molar-refractivity contribution in [2.24, 2.45) is 15.9 Å². The lowest BCUT2D eigenvalue weighted by Crippen LogP contribution is -2.26. The van der Waals surface area contributed by atoms with Crippen LogP contribution in [0.4, 0.5) is 0 Å². The molecule has 0 radical (unpaired) electrons. The Bertz CT molecular complexity index is 2900. The number of nitrogens with zero attached hydrogens (tertiary/aromatic N) is 2. The molecule has 2 heteroatoms. The third-order valence-corrected chi connectivity index (χ3v) is 11.2. The molecule has 1 aliphatic rings. The monoisotopic (exact) mass is 702 g/mol. The summed E-state index contributed by atoms with van der Waals surface area (Å²) in [7, 11) is 0. The van der Waals surface area contributed by atoms with Crippen molar-refractivity contribution in [2.75, 3.05) is 0 Å². The number of amidine groups is 1. The molecular weight excluding hydrogens is 665 g/mol. The number of hydrogen-bond acceptors (Lipinski definition) is 2. The second kappa shape index (κ2) is 13.8. The third-order valence-electron chi connectivity index (χ3n) is 11.2. The average molecular weight is 703 g/mol. The lowest BCUT2D eigenvalue weighted by Gasteiger charge is -2.29. The van der Waals surface area contributed by atoms with E-state index in [1.54, 1.807) is 0 Å². The van der Waals surface area contributed by atoms with E-state index in [1.165, 1.54) is 60.1 Å². The molecule has 0 N–H and O–H groups in total. The maximum atomic E-state index is 5.56. The molecule has 2 unspecified atom stereocenters. The Morgan fingerprint density at radius 1 is 0.345 bits per heavy atom. The maximum absolute atomic E-state index is 5.56. The van der Waals surface area contributed by atoms with Gasteiger partial charge in [0, 0.05) is 11.5 Å². The molecular formula is C53H38N2. The van der Waals surface area contributed by atoms with E-state index in [0.29, 0.717) is 0 Å². The van der Waals surface area contributed by atoms with Gasteiger partial charge in [0.05, 0.1) is 11.8 Å². The fraction of sp³-hybridized carbons (Fsp3) is 0.0566. The molecule has 260 valence electrons. The minimum atomic E-state index is -0.133. The van der Waals surface area contributed by atoms with Gasteiger partial charge in [-0.2, -0.15) is 0 Å². The minimum absolute atomic E-state index is 0.0354. The standard InChI is InChI=1S/C53H38N2/c1-35-51(41-22-14-20-38(32-41)36-16-4-2-5-17-36)54-53(55-52(35)42-23-15-21-39(33-42)37-18-6-3-7-19-37)49-29-13-8-24-43(49)40-30-31-48-46-27-10-9-25-44(46)45-26-11-12-28-47(45)50(48)34-40/h2-35,51H,1H3. The van der Waals surface area contributed by atoms with Crippen LogP contribution < -0.4 is 0 Å². The van der Waals surface area contributed by atoms with Crippen LogP contribution in [0.3, 0.4) is 0 Å². The van der Waals surface area contributed by atoms with Crippen molar-refractivity contribution < 1.29 is 0 Å². The molecule has 0 aliphatic carbocycles. The SMILES string of the molecule is CC1C(c2cccc(-c3ccccc3)c2)=NC(c2ccccc2-c2ccc3c4ccccc4c4ccccc4c3c2)=NC1c1cccc(-c2ccccc2)c1. The highest BCUT2D eigenvalue weighted by atomic mass is 15.0. The van der Waals surface area contributed by atoms with Crippen LogP contribution in [0.5, 0.6) is 0 Å². The van der Waals surface area contributed by atoms with Crippen LogP contribution >= 0.6 is 0 Å². The largest absolute Gasteiger partial charge is 0.257 e. The summed E-state index contributed by atoms with van der Waals surface area (Å²) in [5, 5.41) is 7.60. The van der Waals surface area contributed by atoms with Crippen molar-refractivity contribution in [2.45, 2.75) is 13.0 Å². The van der Waals surface area contributed by atoms with Gasteiger partial charge in [-0.05, 0) is 95.0 Å². The summed E-state index contributed by atoms with van der Waals surface area (Å²) in [6.45, 7) is 2.28. The summed E-state index contributed by atoms with van der Waals surface area (Å²) >= 11 is 0. The second-order valence-corrected chi connectivity index (χ2v) is 14.5. The summed E-state index contributed by atoms with van der Waals surface area (Å²) in [5.74, 6) is 0.792. The molecule has 9 aromatic rings. The van der Waals surface area contributed by atoms with Crippen molar-refractivity contribution in [1.82, 2.24) is 0 Å². The van der Waals surface area contributed by atoms with Crippen molar-refractivity contribution in [3.8, 4) is 33.4 Å². The molecule has 0 bridgehead atoms. The molecule has 0 fully saturated rings. The normalized spacial score (nSPS) is 15.6. The van der Waals surface area contributed by atoms with Gasteiger partial charge in [-0.15, -0.1) is 0 Å². The number of fused-ring (bicyclic) bond motifs is 6. The van der Waals surface area contributed by atoms with Gasteiger partial charge >= 0.3 is 0 Å². The summed E-state index contributed by atoms with van der Waals surface area (Å²) < 4.78 is 0. The molecule has 0 saturated heterocycles. The topological polar surface area (TPSA) is 24.7 Å². The number of benzene rings is 9. The van der Waals surface area contributed by atoms with Crippen LogP contribution in [-0.2, 0) is 0 Å². The van der Waals surface area contributed by atoms with Gasteiger partial charge in [0.2, 0.25) is 0 Å². The summed E-state index contributed by atoms with van der Waals surface area (Å²) in [5.41, 5.74) is 11.4.